The Morgan fingerprint density at radius 2 is 1.89 bits per heavy atom. The maximum atomic E-state index is 13.4. The molecule has 0 nitrogen and oxygen atoms in total. The van der Waals surface area contributed by atoms with Crippen molar-refractivity contribution in [3.05, 3.63) is 58.0 Å². The number of aryl methyl sites for hydroxylation is 1. The van der Waals surface area contributed by atoms with Gasteiger partial charge in [0.15, 0.2) is 0 Å². The third-order valence-electron chi connectivity index (χ3n) is 3.38. The van der Waals surface area contributed by atoms with E-state index in [-0.39, 0.29) is 11.2 Å². The minimum Gasteiger partial charge on any atom is -0.207 e. The van der Waals surface area contributed by atoms with Gasteiger partial charge in [0, 0.05) is 22.1 Å². The number of alkyl halides is 2. The summed E-state index contributed by atoms with van der Waals surface area (Å²) in [5, 5.41) is 2.06. The molecule has 1 aromatic carbocycles. The van der Waals surface area contributed by atoms with Crippen LogP contribution in [0.3, 0.4) is 0 Å². The normalized spacial score (nSPS) is 11.7. The molecule has 4 heteroatoms. The fourth-order valence-electron chi connectivity index (χ4n) is 2.10. The molecule has 0 saturated heterocycles. The highest BCUT2D eigenvalue weighted by molar-refractivity contribution is 7.09. The van der Waals surface area contributed by atoms with Gasteiger partial charge in [0.1, 0.15) is 5.82 Å². The van der Waals surface area contributed by atoms with Gasteiger partial charge in [-0.1, -0.05) is 18.2 Å². The number of hydrogen-bond acceptors (Lipinski definition) is 1. The van der Waals surface area contributed by atoms with Crippen LogP contribution in [0.5, 0.6) is 0 Å². The van der Waals surface area contributed by atoms with Crippen molar-refractivity contribution in [2.45, 2.75) is 18.3 Å². The van der Waals surface area contributed by atoms with Gasteiger partial charge in [0.05, 0.1) is 0 Å². The molecule has 0 aliphatic rings. The second-order valence-electron chi connectivity index (χ2n) is 4.64. The summed E-state index contributed by atoms with van der Waals surface area (Å²) in [4.78, 5) is 1.30. The average molecular weight is 317 g/mol. The number of hydrogen-bond donors (Lipinski definition) is 0. The zero-order chi connectivity index (χ0) is 13.7. The highest BCUT2D eigenvalue weighted by Gasteiger charge is 2.30. The topological polar surface area (TPSA) is 0 Å². The molecule has 0 spiro atoms. The quantitative estimate of drug-likeness (QED) is 0.640. The Labute approximate surface area is 127 Å². The molecule has 0 atom stereocenters. The number of benzene rings is 1. The molecule has 0 amide bonds. The Balaban J connectivity index is 2.21. The van der Waals surface area contributed by atoms with E-state index in [4.69, 9.17) is 23.2 Å². The van der Waals surface area contributed by atoms with Crippen molar-refractivity contribution in [2.24, 2.45) is 0 Å². The molecule has 1 heterocycles. The summed E-state index contributed by atoms with van der Waals surface area (Å²) >= 11 is 14.0. The lowest BCUT2D eigenvalue weighted by molar-refractivity contribution is 0.489. The first-order valence-corrected chi connectivity index (χ1v) is 8.05. The smallest absolute Gasteiger partial charge is 0.123 e. The monoisotopic (exact) mass is 316 g/mol. The SMILES string of the molecule is Fc1cccc(C(CCl)(CCl)CCc2cccs2)c1. The first-order valence-electron chi connectivity index (χ1n) is 6.10. The lowest BCUT2D eigenvalue weighted by Gasteiger charge is -2.30. The molecule has 0 N–H and O–H groups in total. The summed E-state index contributed by atoms with van der Waals surface area (Å²) in [6.45, 7) is 0. The molecule has 0 radical (unpaired) electrons. The van der Waals surface area contributed by atoms with E-state index in [9.17, 15) is 4.39 Å². The summed E-state index contributed by atoms with van der Waals surface area (Å²) in [6, 6.07) is 10.7. The fourth-order valence-corrected chi connectivity index (χ4v) is 3.67. The maximum absolute atomic E-state index is 13.4. The van der Waals surface area contributed by atoms with Crippen LogP contribution < -0.4 is 0 Å². The summed E-state index contributed by atoms with van der Waals surface area (Å²) in [5.74, 6) is 0.546. The predicted octanol–water partition coefficient (Wildman–Crippen LogP) is 5.24. The third-order valence-corrected chi connectivity index (χ3v) is 5.34. The highest BCUT2D eigenvalue weighted by Crippen LogP contribution is 2.33. The molecule has 1 aromatic heterocycles. The third kappa shape index (κ3) is 3.50. The van der Waals surface area contributed by atoms with Crippen molar-refractivity contribution in [1.82, 2.24) is 0 Å². The van der Waals surface area contributed by atoms with Crippen molar-refractivity contribution < 1.29 is 4.39 Å². The zero-order valence-corrected chi connectivity index (χ0v) is 12.7. The molecule has 0 saturated carbocycles. The summed E-state index contributed by atoms with van der Waals surface area (Å²) in [5.41, 5.74) is 0.518. The van der Waals surface area contributed by atoms with E-state index in [2.05, 4.69) is 11.4 Å². The Hall–Kier alpha value is -0.570. The molecule has 19 heavy (non-hydrogen) atoms. The molecule has 0 aliphatic heterocycles. The Bertz CT molecular complexity index is 507. The minimum atomic E-state index is -0.366. The van der Waals surface area contributed by atoms with Crippen LogP contribution >= 0.6 is 34.5 Å². The van der Waals surface area contributed by atoms with Crippen molar-refractivity contribution in [3.8, 4) is 0 Å². The van der Waals surface area contributed by atoms with Crippen LogP contribution in [0.1, 0.15) is 16.9 Å². The van der Waals surface area contributed by atoms with E-state index < -0.39 is 0 Å². The van der Waals surface area contributed by atoms with E-state index in [0.29, 0.717) is 11.8 Å². The van der Waals surface area contributed by atoms with Gasteiger partial charge in [0.25, 0.3) is 0 Å². The summed E-state index contributed by atoms with van der Waals surface area (Å²) in [7, 11) is 0. The fraction of sp³-hybridized carbons (Fsp3) is 0.333. The van der Waals surface area contributed by atoms with E-state index in [1.54, 1.807) is 23.5 Å². The molecule has 2 rings (SSSR count). The number of thiophene rings is 1. The molecule has 0 fully saturated rings. The Morgan fingerprint density at radius 1 is 1.11 bits per heavy atom. The minimum absolute atomic E-state index is 0.242. The molecular weight excluding hydrogens is 302 g/mol. The lowest BCUT2D eigenvalue weighted by Crippen LogP contribution is -2.31. The van der Waals surface area contributed by atoms with Gasteiger partial charge in [-0.3, -0.25) is 0 Å². The summed E-state index contributed by atoms with van der Waals surface area (Å²) in [6.07, 6.45) is 1.73. The maximum Gasteiger partial charge on any atom is 0.123 e. The van der Waals surface area contributed by atoms with Crippen molar-refractivity contribution in [3.63, 3.8) is 0 Å². The van der Waals surface area contributed by atoms with E-state index in [1.807, 2.05) is 12.1 Å². The van der Waals surface area contributed by atoms with Gasteiger partial charge >= 0.3 is 0 Å². The molecule has 0 unspecified atom stereocenters. The predicted molar refractivity (Wildman–Crippen MR) is 82.2 cm³/mol. The molecular formula is C15H15Cl2FS. The lowest BCUT2D eigenvalue weighted by atomic mass is 9.80. The Morgan fingerprint density at radius 3 is 2.47 bits per heavy atom. The second-order valence-corrected chi connectivity index (χ2v) is 6.20. The summed E-state index contributed by atoms with van der Waals surface area (Å²) < 4.78 is 13.4. The van der Waals surface area contributed by atoms with Crippen LogP contribution in [0.4, 0.5) is 4.39 Å². The van der Waals surface area contributed by atoms with Gasteiger partial charge in [-0.15, -0.1) is 34.5 Å². The molecule has 0 aliphatic carbocycles. The molecule has 102 valence electrons. The first-order chi connectivity index (χ1) is 9.20. The van der Waals surface area contributed by atoms with Gasteiger partial charge in [-0.05, 0) is 42.0 Å². The van der Waals surface area contributed by atoms with Gasteiger partial charge in [-0.2, -0.15) is 0 Å². The zero-order valence-electron chi connectivity index (χ0n) is 10.4. The van der Waals surface area contributed by atoms with Crippen LogP contribution in [0.2, 0.25) is 0 Å². The van der Waals surface area contributed by atoms with Crippen molar-refractivity contribution >= 4 is 34.5 Å². The van der Waals surface area contributed by atoms with Crippen LogP contribution in [-0.2, 0) is 11.8 Å². The van der Waals surface area contributed by atoms with E-state index >= 15 is 0 Å². The van der Waals surface area contributed by atoms with E-state index in [1.165, 1.54) is 10.9 Å². The standard InChI is InChI=1S/C15H15Cl2FS/c16-10-15(11-17,7-6-14-5-2-8-19-14)12-3-1-4-13(18)9-12/h1-5,8-9H,6-7,10-11H2. The largest absolute Gasteiger partial charge is 0.207 e. The van der Waals surface area contributed by atoms with Crippen molar-refractivity contribution in [2.75, 3.05) is 11.8 Å². The van der Waals surface area contributed by atoms with Gasteiger partial charge < -0.3 is 0 Å². The number of rotatable bonds is 6. The molecule has 0 bridgehead atoms. The van der Waals surface area contributed by atoms with Gasteiger partial charge in [-0.25, -0.2) is 4.39 Å². The average Bonchev–Trinajstić information content (AvgIpc) is 2.94. The first kappa shape index (κ1) is 14.8. The van der Waals surface area contributed by atoms with Crippen LogP contribution in [0.15, 0.2) is 41.8 Å². The van der Waals surface area contributed by atoms with E-state index in [0.717, 1.165) is 18.4 Å². The van der Waals surface area contributed by atoms with Crippen LogP contribution in [0.25, 0.3) is 0 Å². The second kappa shape index (κ2) is 6.74. The van der Waals surface area contributed by atoms with Crippen LogP contribution in [0, 0.1) is 5.82 Å². The van der Waals surface area contributed by atoms with Crippen molar-refractivity contribution in [1.29, 1.82) is 0 Å². The molecule has 2 aromatic rings. The van der Waals surface area contributed by atoms with Gasteiger partial charge in [0.2, 0.25) is 0 Å². The Kier molecular flexibility index (Phi) is 5.26. The van der Waals surface area contributed by atoms with Crippen LogP contribution in [-0.4, -0.2) is 11.8 Å². The number of halogens is 3. The highest BCUT2D eigenvalue weighted by atomic mass is 35.5.